The molecule has 0 aromatic rings. The molecule has 3 fully saturated rings. The molecular formula is C23H40O4Si. The summed E-state index contributed by atoms with van der Waals surface area (Å²) < 4.78 is 13.2. The Morgan fingerprint density at radius 2 is 1.93 bits per heavy atom. The monoisotopic (exact) mass is 408 g/mol. The predicted octanol–water partition coefficient (Wildman–Crippen LogP) is 5.78. The van der Waals surface area contributed by atoms with Crippen molar-refractivity contribution in [1.82, 2.24) is 0 Å². The number of hydrogen-bond donors (Lipinski definition) is 1. The molecule has 3 aliphatic rings. The summed E-state index contributed by atoms with van der Waals surface area (Å²) in [5.74, 6) is 0.197. The quantitative estimate of drug-likeness (QED) is 0.473. The molecule has 1 saturated heterocycles. The second kappa shape index (κ2) is 7.24. The van der Waals surface area contributed by atoms with E-state index in [-0.39, 0.29) is 16.1 Å². The maximum absolute atomic E-state index is 11.1. The Hall–Kier alpha value is -0.653. The molecule has 1 N–H and O–H groups in total. The van der Waals surface area contributed by atoms with E-state index in [1.54, 1.807) is 0 Å². The summed E-state index contributed by atoms with van der Waals surface area (Å²) in [7, 11) is -1.79. The summed E-state index contributed by atoms with van der Waals surface area (Å²) in [6, 6.07) is 0. The van der Waals surface area contributed by atoms with Gasteiger partial charge in [-0.15, -0.1) is 0 Å². The minimum Gasteiger partial charge on any atom is -0.478 e. The van der Waals surface area contributed by atoms with Crippen LogP contribution >= 0.6 is 0 Å². The molecule has 0 spiro atoms. The van der Waals surface area contributed by atoms with Crippen LogP contribution in [-0.2, 0) is 14.0 Å². The SMILES string of the molecule is CC(C)(C)[Si](C)(C)O[C@H]1CCC[C@@]2(C)[C@H]1CC[C@@H]2[C@]1(C)CC(=CC(=O)O)CO1. The largest absolute Gasteiger partial charge is 0.478 e. The summed E-state index contributed by atoms with van der Waals surface area (Å²) >= 11 is 0. The average Bonchev–Trinajstić information content (AvgIpc) is 3.07. The zero-order valence-corrected chi connectivity index (χ0v) is 19.9. The number of hydrogen-bond acceptors (Lipinski definition) is 3. The fraction of sp³-hybridized carbons (Fsp3) is 0.870. The van der Waals surface area contributed by atoms with Crippen molar-refractivity contribution in [2.24, 2.45) is 17.3 Å². The van der Waals surface area contributed by atoms with Crippen LogP contribution in [0, 0.1) is 17.3 Å². The van der Waals surface area contributed by atoms with Crippen molar-refractivity contribution in [3.63, 3.8) is 0 Å². The first-order chi connectivity index (χ1) is 12.8. The van der Waals surface area contributed by atoms with E-state index in [0.29, 0.717) is 24.5 Å². The van der Waals surface area contributed by atoms with Crippen molar-refractivity contribution in [3.05, 3.63) is 11.6 Å². The van der Waals surface area contributed by atoms with Crippen LogP contribution in [0.2, 0.25) is 18.1 Å². The van der Waals surface area contributed by atoms with Crippen LogP contribution in [-0.4, -0.2) is 37.7 Å². The van der Waals surface area contributed by atoms with Crippen LogP contribution < -0.4 is 0 Å². The highest BCUT2D eigenvalue weighted by Crippen LogP contribution is 2.62. The normalized spacial score (nSPS) is 40.7. The third-order valence-corrected chi connectivity index (χ3v) is 13.0. The number of fused-ring (bicyclic) bond motifs is 1. The summed E-state index contributed by atoms with van der Waals surface area (Å²) in [5.41, 5.74) is 0.898. The van der Waals surface area contributed by atoms with Gasteiger partial charge in [-0.1, -0.05) is 34.1 Å². The number of carboxylic acid groups (broad SMARTS) is 1. The highest BCUT2D eigenvalue weighted by atomic mass is 28.4. The molecule has 0 bridgehead atoms. The van der Waals surface area contributed by atoms with E-state index >= 15 is 0 Å². The third-order valence-electron chi connectivity index (χ3n) is 8.54. The smallest absolute Gasteiger partial charge is 0.328 e. The standard InChI is InChI=1S/C23H40O4Si/c1-21(2,3)28(6,7)27-18-9-8-12-22(4)17(18)10-11-19(22)23(5)14-16(15-26-23)13-20(24)25/h13,17-19H,8-12,14-15H2,1-7H3,(H,24,25)/t17-,18-,19-,22-,23-/m0/s1. The van der Waals surface area contributed by atoms with E-state index in [0.717, 1.165) is 18.4 Å². The zero-order valence-electron chi connectivity index (χ0n) is 18.9. The molecule has 28 heavy (non-hydrogen) atoms. The van der Waals surface area contributed by atoms with Gasteiger partial charge >= 0.3 is 5.97 Å². The van der Waals surface area contributed by atoms with Crippen LogP contribution in [0.25, 0.3) is 0 Å². The van der Waals surface area contributed by atoms with Crippen molar-refractivity contribution in [3.8, 4) is 0 Å². The van der Waals surface area contributed by atoms with Crippen LogP contribution in [0.3, 0.4) is 0 Å². The maximum atomic E-state index is 11.1. The minimum atomic E-state index is -1.79. The number of ether oxygens (including phenoxy) is 1. The Bertz CT molecular complexity index is 649. The highest BCUT2D eigenvalue weighted by Gasteiger charge is 2.59. The average molecular weight is 409 g/mol. The van der Waals surface area contributed by atoms with Crippen molar-refractivity contribution in [2.45, 2.75) is 103 Å². The molecular weight excluding hydrogens is 368 g/mol. The van der Waals surface area contributed by atoms with Crippen LogP contribution in [0.15, 0.2) is 11.6 Å². The van der Waals surface area contributed by atoms with Crippen molar-refractivity contribution in [2.75, 3.05) is 6.61 Å². The molecule has 0 amide bonds. The van der Waals surface area contributed by atoms with E-state index in [9.17, 15) is 4.79 Å². The van der Waals surface area contributed by atoms with Gasteiger partial charge < -0.3 is 14.3 Å². The van der Waals surface area contributed by atoms with E-state index in [1.807, 2.05) is 0 Å². The van der Waals surface area contributed by atoms with Crippen LogP contribution in [0.1, 0.15) is 73.1 Å². The van der Waals surface area contributed by atoms with Gasteiger partial charge in [0.25, 0.3) is 0 Å². The lowest BCUT2D eigenvalue weighted by Gasteiger charge is -2.51. The molecule has 2 aliphatic carbocycles. The van der Waals surface area contributed by atoms with Gasteiger partial charge in [0.15, 0.2) is 8.32 Å². The minimum absolute atomic E-state index is 0.221. The molecule has 5 atom stereocenters. The number of rotatable bonds is 4. The Balaban J connectivity index is 1.80. The van der Waals surface area contributed by atoms with Gasteiger partial charge in [-0.25, -0.2) is 4.79 Å². The van der Waals surface area contributed by atoms with Gasteiger partial charge in [-0.2, -0.15) is 0 Å². The predicted molar refractivity (Wildman–Crippen MR) is 115 cm³/mol. The lowest BCUT2D eigenvalue weighted by Crippen LogP contribution is -2.52. The molecule has 0 unspecified atom stereocenters. The second-order valence-electron chi connectivity index (χ2n) is 11.5. The maximum Gasteiger partial charge on any atom is 0.328 e. The van der Waals surface area contributed by atoms with E-state index in [2.05, 4.69) is 47.7 Å². The Morgan fingerprint density at radius 3 is 2.54 bits per heavy atom. The highest BCUT2D eigenvalue weighted by molar-refractivity contribution is 6.74. The molecule has 160 valence electrons. The molecule has 5 heteroatoms. The molecule has 0 radical (unpaired) electrons. The van der Waals surface area contributed by atoms with E-state index in [4.69, 9.17) is 14.3 Å². The fourth-order valence-electron chi connectivity index (χ4n) is 6.12. The van der Waals surface area contributed by atoms with Crippen molar-refractivity contribution < 1.29 is 19.1 Å². The first-order valence-electron chi connectivity index (χ1n) is 11.0. The second-order valence-corrected chi connectivity index (χ2v) is 16.2. The van der Waals surface area contributed by atoms with E-state index < -0.39 is 14.3 Å². The Kier molecular flexibility index (Phi) is 5.70. The van der Waals surface area contributed by atoms with Crippen LogP contribution in [0.5, 0.6) is 0 Å². The van der Waals surface area contributed by atoms with E-state index in [1.165, 1.54) is 31.8 Å². The molecule has 0 aromatic carbocycles. The summed E-state index contributed by atoms with van der Waals surface area (Å²) in [6.07, 6.45) is 8.47. The third kappa shape index (κ3) is 3.87. The summed E-state index contributed by atoms with van der Waals surface area (Å²) in [4.78, 5) is 11.1. The van der Waals surface area contributed by atoms with Gasteiger partial charge in [0, 0.05) is 18.6 Å². The van der Waals surface area contributed by atoms with Gasteiger partial charge in [0.1, 0.15) is 0 Å². The lowest BCUT2D eigenvalue weighted by molar-refractivity contribution is -0.131. The van der Waals surface area contributed by atoms with Crippen molar-refractivity contribution in [1.29, 1.82) is 0 Å². The van der Waals surface area contributed by atoms with Crippen molar-refractivity contribution >= 4 is 14.3 Å². The van der Waals surface area contributed by atoms with Gasteiger partial charge in [0.05, 0.1) is 12.2 Å². The fourth-order valence-corrected chi connectivity index (χ4v) is 7.51. The zero-order chi connectivity index (χ0) is 21.0. The van der Waals surface area contributed by atoms with Gasteiger partial charge in [-0.3, -0.25) is 0 Å². The first-order valence-corrected chi connectivity index (χ1v) is 13.9. The molecule has 4 nitrogen and oxygen atoms in total. The first kappa shape index (κ1) is 22.0. The molecule has 1 heterocycles. The molecule has 0 aromatic heterocycles. The Labute approximate surface area is 172 Å². The number of carboxylic acids is 1. The van der Waals surface area contributed by atoms with Gasteiger partial charge in [0.2, 0.25) is 0 Å². The van der Waals surface area contributed by atoms with Crippen LogP contribution in [0.4, 0.5) is 0 Å². The summed E-state index contributed by atoms with van der Waals surface area (Å²) in [6.45, 7) is 16.8. The van der Waals surface area contributed by atoms with Gasteiger partial charge in [-0.05, 0) is 73.6 Å². The summed E-state index contributed by atoms with van der Waals surface area (Å²) in [5, 5.41) is 9.34. The topological polar surface area (TPSA) is 55.8 Å². The Morgan fingerprint density at radius 1 is 1.25 bits per heavy atom. The lowest BCUT2D eigenvalue weighted by atomic mass is 9.60. The number of aliphatic carboxylic acids is 1. The molecule has 3 rings (SSSR count). The number of carbonyl (C=O) groups is 1. The molecule has 2 saturated carbocycles. The molecule has 1 aliphatic heterocycles.